The maximum absolute atomic E-state index is 13.3. The van der Waals surface area contributed by atoms with Gasteiger partial charge < -0.3 is 39.7 Å². The molecule has 5 fully saturated rings. The highest BCUT2D eigenvalue weighted by Gasteiger charge is 2.36. The van der Waals surface area contributed by atoms with Crippen molar-refractivity contribution in [1.82, 2.24) is 43.9 Å². The van der Waals surface area contributed by atoms with Crippen molar-refractivity contribution in [3.63, 3.8) is 0 Å². The molecule has 8 aromatic rings. The lowest BCUT2D eigenvalue weighted by Gasteiger charge is -2.33. The summed E-state index contributed by atoms with van der Waals surface area (Å²) in [6.45, 7) is 6.94. The molecule has 6 aliphatic rings. The number of amides is 3. The first-order valence-electron chi connectivity index (χ1n) is 30.2. The smallest absolute Gasteiger partial charge is 0.315 e. The molecule has 23 heteroatoms. The average molecular weight is 1240 g/mol. The number of nitrogens with zero attached hydrogens (tertiary/aromatic N) is 6. The van der Waals surface area contributed by atoms with Crippen molar-refractivity contribution in [2.75, 3.05) is 83.7 Å². The number of anilines is 1. The first-order chi connectivity index (χ1) is 42.4. The molecule has 10 heterocycles. The zero-order chi connectivity index (χ0) is 61.6. The lowest BCUT2D eigenvalue weighted by atomic mass is 9.81. The second kappa shape index (κ2) is 27.3. The van der Waals surface area contributed by atoms with Gasteiger partial charge in [0.15, 0.2) is 0 Å². The number of benzene rings is 4. The van der Waals surface area contributed by atoms with Gasteiger partial charge in [-0.05, 0) is 170 Å². The number of ether oxygens (including phenoxy) is 1. The van der Waals surface area contributed by atoms with Gasteiger partial charge in [-0.15, -0.1) is 0 Å². The van der Waals surface area contributed by atoms with Crippen molar-refractivity contribution in [2.24, 2.45) is 11.8 Å². The van der Waals surface area contributed by atoms with E-state index in [1.54, 1.807) is 22.6 Å². The van der Waals surface area contributed by atoms with Crippen molar-refractivity contribution in [2.45, 2.75) is 87.9 Å². The lowest BCUT2D eigenvalue weighted by molar-refractivity contribution is -0.143. The minimum atomic E-state index is -3.07. The van der Waals surface area contributed by atoms with Crippen molar-refractivity contribution < 1.29 is 53.9 Å². The van der Waals surface area contributed by atoms with E-state index >= 15 is 0 Å². The fraction of sp³-hybridized carbons (Fsp3) is 0.431. The molecule has 4 N–H and O–H groups in total. The number of hydrogen-bond acceptors (Lipinski definition) is 9. The number of hydrogen-bond donors (Lipinski definition) is 4. The number of fused-ring (bicyclic) bond motifs is 4. The van der Waals surface area contributed by atoms with Crippen molar-refractivity contribution in [3.8, 4) is 0 Å². The van der Waals surface area contributed by atoms with Crippen molar-refractivity contribution in [1.29, 1.82) is 0 Å². The molecule has 0 aliphatic carbocycles. The van der Waals surface area contributed by atoms with Gasteiger partial charge in [0.1, 0.15) is 29.0 Å². The second-order valence-corrected chi connectivity index (χ2v) is 25.7. The molecule has 466 valence electrons. The monoisotopic (exact) mass is 1230 g/mol. The summed E-state index contributed by atoms with van der Waals surface area (Å²) in [4.78, 5) is 58.5. The van der Waals surface area contributed by atoms with E-state index in [0.717, 1.165) is 109 Å². The van der Waals surface area contributed by atoms with E-state index in [9.17, 15) is 49.1 Å². The Morgan fingerprint density at radius 1 is 0.580 bits per heavy atom. The maximum Gasteiger partial charge on any atom is 0.315 e. The van der Waals surface area contributed by atoms with Crippen LogP contribution >= 0.6 is 0 Å². The van der Waals surface area contributed by atoms with Crippen molar-refractivity contribution in [3.05, 3.63) is 161 Å². The molecule has 6 aliphatic heterocycles. The molecule has 0 radical (unpaired) electrons. The SMILES string of the molecule is CS(=O)(=O)N1CCC(C2CNc3cc(F)ccc32)CC1.O=C(C(F)F)N1CCC(c2c[nH]c3cc(F)ccc23)CC1.O=C(C1CCOC1)N1CCC(c2c[nH]c3cc(F)ccc23)CC1.O=C(c1cnccn1)N1CCC(c2c[nH]c3cc(F)ccc23)CC1. The molecular weight excluding hydrogens is 1160 g/mol. The largest absolute Gasteiger partial charge is 0.384 e. The summed E-state index contributed by atoms with van der Waals surface area (Å²) in [5, 5.41) is 6.37. The number of halogens is 6. The predicted molar refractivity (Wildman–Crippen MR) is 323 cm³/mol. The van der Waals surface area contributed by atoms with Gasteiger partial charge in [0, 0.05) is 141 Å². The summed E-state index contributed by atoms with van der Waals surface area (Å²) in [5.41, 5.74) is 8.37. The van der Waals surface area contributed by atoms with Crippen LogP contribution in [0.2, 0.25) is 0 Å². The highest BCUT2D eigenvalue weighted by molar-refractivity contribution is 7.88. The first kappa shape index (κ1) is 61.9. The van der Waals surface area contributed by atoms with E-state index in [0.29, 0.717) is 94.7 Å². The van der Waals surface area contributed by atoms with Crippen LogP contribution in [0.5, 0.6) is 0 Å². The van der Waals surface area contributed by atoms with E-state index in [1.165, 1.54) is 82.7 Å². The van der Waals surface area contributed by atoms with Crippen LogP contribution in [0.3, 0.4) is 0 Å². The van der Waals surface area contributed by atoms with Crippen LogP contribution in [0.4, 0.5) is 32.0 Å². The minimum Gasteiger partial charge on any atom is -0.384 e. The molecule has 88 heavy (non-hydrogen) atoms. The number of alkyl halides is 2. The van der Waals surface area contributed by atoms with Gasteiger partial charge in [0.05, 0.1) is 25.0 Å². The fourth-order valence-electron chi connectivity index (χ4n) is 13.7. The number of nitrogens with one attached hydrogen (secondary N) is 4. The maximum atomic E-state index is 13.3. The Bertz CT molecular complexity index is 3850. The number of H-pyrrole nitrogens is 3. The Labute approximate surface area is 506 Å². The van der Waals surface area contributed by atoms with Crippen LogP contribution in [0.15, 0.2) is 110 Å². The first-order valence-corrected chi connectivity index (χ1v) is 32.1. The third kappa shape index (κ3) is 14.2. The number of piperidine rings is 4. The number of sulfonamides is 1. The van der Waals surface area contributed by atoms with Crippen LogP contribution in [0.25, 0.3) is 32.7 Å². The topological polar surface area (TPSA) is 193 Å². The van der Waals surface area contributed by atoms with Crippen LogP contribution in [0, 0.1) is 35.1 Å². The number of likely N-dealkylation sites (tertiary alicyclic amines) is 3. The third-order valence-corrected chi connectivity index (χ3v) is 19.8. The normalized spacial score (nSPS) is 19.8. The van der Waals surface area contributed by atoms with E-state index in [4.69, 9.17) is 4.74 Å². The molecule has 3 amide bonds. The minimum absolute atomic E-state index is 0.0580. The number of rotatable bonds is 8. The summed E-state index contributed by atoms with van der Waals surface area (Å²) < 4.78 is 108. The fourth-order valence-corrected chi connectivity index (χ4v) is 14.5. The average Bonchev–Trinajstić information content (AvgIpc) is 3.04. The Morgan fingerprint density at radius 3 is 1.51 bits per heavy atom. The zero-order valence-electron chi connectivity index (χ0n) is 48.9. The number of aromatic amines is 3. The van der Waals surface area contributed by atoms with Gasteiger partial charge in [-0.25, -0.2) is 35.3 Å². The van der Waals surface area contributed by atoms with Gasteiger partial charge in [-0.2, -0.15) is 8.78 Å². The molecule has 0 saturated carbocycles. The molecule has 0 spiro atoms. The molecule has 5 saturated heterocycles. The van der Waals surface area contributed by atoms with Crippen LogP contribution in [-0.2, 0) is 24.3 Å². The Morgan fingerprint density at radius 2 is 1.06 bits per heavy atom. The standard InChI is InChI=1S/C18H17FN4O.C18H21FN2O2.C15H15F3N2O.C14H19FN2O2S/c19-13-1-2-14-15(10-22-16(14)9-13)12-3-7-23(8-4-12)18(24)17-11-20-5-6-21-17;19-14-1-2-15-16(10-20-17(15)9-14)12-3-6-21(7-4-12)18(22)13-5-8-23-11-13;16-10-1-2-11-12(8-19-13(11)7-10)9-3-5-20(6-4-9)15(21)14(17)18;1-20(18,19)17-6-4-10(5-7-17)13-9-16-14-8-11(15)2-3-12(13)14/h1-2,5-6,9-12,22H,3-4,7-8H2;1-2,9-10,12-13,20H,3-8,11H2;1-2,7-9,14,19H,3-6H2;2-3,8,10,13,16H,4-7,9H2,1H3. The molecule has 14 rings (SSSR count). The predicted octanol–water partition coefficient (Wildman–Crippen LogP) is 11.5. The molecule has 4 aromatic carbocycles. The molecule has 4 aromatic heterocycles. The lowest BCUT2D eigenvalue weighted by Crippen LogP contribution is -2.41. The Balaban J connectivity index is 0.000000122. The van der Waals surface area contributed by atoms with Crippen LogP contribution in [0.1, 0.15) is 114 Å². The molecule has 2 unspecified atom stereocenters. The highest BCUT2D eigenvalue weighted by atomic mass is 32.2. The van der Waals surface area contributed by atoms with Gasteiger partial charge >= 0.3 is 6.43 Å². The highest BCUT2D eigenvalue weighted by Crippen LogP contribution is 2.42. The number of carbonyl (C=O) groups excluding carboxylic acids is 3. The molecule has 16 nitrogen and oxygen atoms in total. The second-order valence-electron chi connectivity index (χ2n) is 23.7. The summed E-state index contributed by atoms with van der Waals surface area (Å²) in [7, 11) is -3.07. The van der Waals surface area contributed by atoms with E-state index in [1.807, 2.05) is 46.6 Å². The Hall–Kier alpha value is -7.76. The summed E-state index contributed by atoms with van der Waals surface area (Å²) in [5.74, 6) is 0.0163. The number of carbonyl (C=O) groups is 3. The van der Waals surface area contributed by atoms with E-state index in [2.05, 4.69) is 30.2 Å². The zero-order valence-corrected chi connectivity index (χ0v) is 49.7. The van der Waals surface area contributed by atoms with Crippen LogP contribution < -0.4 is 5.32 Å². The third-order valence-electron chi connectivity index (χ3n) is 18.5. The summed E-state index contributed by atoms with van der Waals surface area (Å²) in [6, 6.07) is 19.2. The van der Waals surface area contributed by atoms with E-state index in [-0.39, 0.29) is 46.9 Å². The molecule has 0 bridgehead atoms. The van der Waals surface area contributed by atoms with Gasteiger partial charge in [-0.1, -0.05) is 6.07 Å². The summed E-state index contributed by atoms with van der Waals surface area (Å²) >= 11 is 0. The Kier molecular flexibility index (Phi) is 19.2. The van der Waals surface area contributed by atoms with Gasteiger partial charge in [0.25, 0.3) is 11.8 Å². The number of aromatic nitrogens is 5. The van der Waals surface area contributed by atoms with Gasteiger partial charge in [0.2, 0.25) is 15.9 Å². The molecular formula is C65H72F6N10O6S. The molecule has 2 atom stereocenters. The van der Waals surface area contributed by atoms with Crippen molar-refractivity contribution >= 4 is 66.1 Å². The summed E-state index contributed by atoms with van der Waals surface area (Å²) in [6.07, 6.45) is 16.3. The van der Waals surface area contributed by atoms with E-state index < -0.39 is 22.4 Å². The van der Waals surface area contributed by atoms with Crippen LogP contribution in [-0.4, -0.2) is 155 Å². The quantitative estimate of drug-likeness (QED) is 0.107. The van der Waals surface area contributed by atoms with Gasteiger partial charge in [-0.3, -0.25) is 19.4 Å².